The summed E-state index contributed by atoms with van der Waals surface area (Å²) in [6.45, 7) is 4.19. The number of likely N-dealkylation sites (tertiary alicyclic amines) is 1. The highest BCUT2D eigenvalue weighted by Gasteiger charge is 2.25. The smallest absolute Gasteiger partial charge is 0.0351 e. The van der Waals surface area contributed by atoms with Crippen molar-refractivity contribution in [2.45, 2.75) is 25.7 Å². The van der Waals surface area contributed by atoms with Crippen LogP contribution < -0.4 is 0 Å². The van der Waals surface area contributed by atoms with E-state index in [-0.39, 0.29) is 0 Å². The summed E-state index contributed by atoms with van der Waals surface area (Å²) in [6.07, 6.45) is 5.92. The van der Waals surface area contributed by atoms with Gasteiger partial charge in [0.15, 0.2) is 0 Å². The van der Waals surface area contributed by atoms with Crippen molar-refractivity contribution in [2.75, 3.05) is 33.9 Å². The lowest BCUT2D eigenvalue weighted by Gasteiger charge is -2.12. The van der Waals surface area contributed by atoms with Crippen molar-refractivity contribution >= 4 is 0 Å². The highest BCUT2D eigenvalue weighted by molar-refractivity contribution is 4.79. The zero-order valence-corrected chi connectivity index (χ0v) is 8.38. The van der Waals surface area contributed by atoms with Crippen LogP contribution in [0.5, 0.6) is 0 Å². The molecule has 0 unspecified atom stereocenters. The Kier molecular flexibility index (Phi) is 4.62. The summed E-state index contributed by atoms with van der Waals surface area (Å²) in [6, 6.07) is 0. The fraction of sp³-hybridized carbons (Fsp3) is 1.00. The Morgan fingerprint density at radius 2 is 1.67 bits per heavy atom. The average Bonchev–Trinajstić information content (AvgIpc) is 2.67. The summed E-state index contributed by atoms with van der Waals surface area (Å²) in [4.78, 5) is 2.62. The maximum atomic E-state index is 4.25. The van der Waals surface area contributed by atoms with Gasteiger partial charge < -0.3 is 9.64 Å². The predicted molar refractivity (Wildman–Crippen MR) is 51.3 cm³/mol. The topological polar surface area (TPSA) is 12.5 Å². The van der Waals surface area contributed by atoms with Gasteiger partial charge in [-0.3, -0.25) is 0 Å². The molecular weight excluding hydrogens is 150 g/mol. The molecule has 0 aromatic heterocycles. The number of hydrogen-bond donors (Lipinski definition) is 0. The third kappa shape index (κ3) is 4.07. The lowest BCUT2D eigenvalue weighted by atomic mass is 10.4. The fourth-order valence-corrected chi connectivity index (χ4v) is 1.63. The van der Waals surface area contributed by atoms with Crippen molar-refractivity contribution in [3.8, 4) is 0 Å². The molecule has 2 aliphatic rings. The summed E-state index contributed by atoms with van der Waals surface area (Å²) < 4.78 is 4.25. The van der Waals surface area contributed by atoms with E-state index in [1.165, 1.54) is 45.3 Å². The monoisotopic (exact) mass is 171 g/mol. The first-order chi connectivity index (χ1) is 5.86. The molecule has 0 bridgehead atoms. The standard InChI is InChI=1S/C8H15N.C2H6O/c1-2-6-9(5-1)7-8-3-4-8;1-3-2/h8H,1-7H2;1-2H3. The van der Waals surface area contributed by atoms with Crippen LogP contribution in [0.15, 0.2) is 0 Å². The van der Waals surface area contributed by atoms with Gasteiger partial charge >= 0.3 is 0 Å². The van der Waals surface area contributed by atoms with E-state index in [4.69, 9.17) is 0 Å². The lowest BCUT2D eigenvalue weighted by Crippen LogP contribution is -2.21. The summed E-state index contributed by atoms with van der Waals surface area (Å²) >= 11 is 0. The Hall–Kier alpha value is -0.0800. The minimum Gasteiger partial charge on any atom is -0.388 e. The molecule has 1 aliphatic heterocycles. The molecule has 0 atom stereocenters. The molecule has 2 nitrogen and oxygen atoms in total. The van der Waals surface area contributed by atoms with E-state index in [2.05, 4.69) is 9.64 Å². The Labute approximate surface area is 75.9 Å². The molecule has 1 aliphatic carbocycles. The van der Waals surface area contributed by atoms with Crippen molar-refractivity contribution in [3.63, 3.8) is 0 Å². The van der Waals surface area contributed by atoms with Crippen molar-refractivity contribution in [1.82, 2.24) is 4.90 Å². The normalized spacial score (nSPS) is 23.5. The summed E-state index contributed by atoms with van der Waals surface area (Å²) in [5.41, 5.74) is 0. The molecule has 0 amide bonds. The van der Waals surface area contributed by atoms with Crippen LogP contribution in [0.3, 0.4) is 0 Å². The first kappa shape index (κ1) is 10.0. The average molecular weight is 171 g/mol. The summed E-state index contributed by atoms with van der Waals surface area (Å²) in [5.74, 6) is 1.10. The number of ether oxygens (including phenoxy) is 1. The molecule has 0 aromatic rings. The van der Waals surface area contributed by atoms with Crippen molar-refractivity contribution < 1.29 is 4.74 Å². The molecule has 2 rings (SSSR count). The predicted octanol–water partition coefficient (Wildman–Crippen LogP) is 1.75. The molecule has 0 N–H and O–H groups in total. The Morgan fingerprint density at radius 1 is 1.17 bits per heavy atom. The number of nitrogens with zero attached hydrogens (tertiary/aromatic N) is 1. The van der Waals surface area contributed by atoms with E-state index >= 15 is 0 Å². The van der Waals surface area contributed by atoms with Crippen LogP contribution in [0.4, 0.5) is 0 Å². The van der Waals surface area contributed by atoms with Crippen LogP contribution in [0.2, 0.25) is 0 Å². The summed E-state index contributed by atoms with van der Waals surface area (Å²) in [7, 11) is 3.25. The number of rotatable bonds is 2. The van der Waals surface area contributed by atoms with Crippen LogP contribution in [0.1, 0.15) is 25.7 Å². The molecule has 0 radical (unpaired) electrons. The van der Waals surface area contributed by atoms with Gasteiger partial charge in [-0.25, -0.2) is 0 Å². The Morgan fingerprint density at radius 3 is 2.08 bits per heavy atom. The first-order valence-corrected chi connectivity index (χ1v) is 4.99. The maximum absolute atomic E-state index is 4.25. The van der Waals surface area contributed by atoms with E-state index < -0.39 is 0 Å². The molecule has 2 fully saturated rings. The highest BCUT2D eigenvalue weighted by Crippen LogP contribution is 2.30. The molecule has 0 aromatic carbocycles. The van der Waals surface area contributed by atoms with Crippen molar-refractivity contribution in [2.24, 2.45) is 5.92 Å². The van der Waals surface area contributed by atoms with Crippen molar-refractivity contribution in [1.29, 1.82) is 0 Å². The second kappa shape index (κ2) is 5.55. The quantitative estimate of drug-likeness (QED) is 0.627. The molecule has 0 spiro atoms. The molecule has 1 saturated heterocycles. The van der Waals surface area contributed by atoms with Gasteiger partial charge in [-0.2, -0.15) is 0 Å². The van der Waals surface area contributed by atoms with E-state index in [0.29, 0.717) is 0 Å². The third-order valence-corrected chi connectivity index (χ3v) is 2.41. The summed E-state index contributed by atoms with van der Waals surface area (Å²) in [5, 5.41) is 0. The fourth-order valence-electron chi connectivity index (χ4n) is 1.63. The van der Waals surface area contributed by atoms with E-state index in [0.717, 1.165) is 5.92 Å². The second-order valence-corrected chi connectivity index (χ2v) is 3.86. The molecular formula is C10H21NO. The maximum Gasteiger partial charge on any atom is 0.0351 e. The molecule has 12 heavy (non-hydrogen) atoms. The SMILES string of the molecule is C1CCN(CC2CC2)C1.COC. The van der Waals surface area contributed by atoms with Gasteiger partial charge in [0.1, 0.15) is 0 Å². The zero-order valence-electron chi connectivity index (χ0n) is 8.38. The number of methoxy groups -OCH3 is 1. The van der Waals surface area contributed by atoms with Gasteiger partial charge in [-0.15, -0.1) is 0 Å². The van der Waals surface area contributed by atoms with Crippen LogP contribution >= 0.6 is 0 Å². The van der Waals surface area contributed by atoms with Gasteiger partial charge in [0.05, 0.1) is 0 Å². The first-order valence-electron chi connectivity index (χ1n) is 4.99. The van der Waals surface area contributed by atoms with Crippen LogP contribution in [-0.4, -0.2) is 38.8 Å². The van der Waals surface area contributed by atoms with Gasteiger partial charge in [0, 0.05) is 20.8 Å². The molecule has 72 valence electrons. The molecule has 1 heterocycles. The second-order valence-electron chi connectivity index (χ2n) is 3.86. The minimum absolute atomic E-state index is 1.10. The van der Waals surface area contributed by atoms with Gasteiger partial charge in [0.2, 0.25) is 0 Å². The van der Waals surface area contributed by atoms with Crippen molar-refractivity contribution in [3.05, 3.63) is 0 Å². The van der Waals surface area contributed by atoms with Crippen LogP contribution in [0, 0.1) is 5.92 Å². The Balaban J connectivity index is 0.000000213. The van der Waals surface area contributed by atoms with Crippen LogP contribution in [-0.2, 0) is 4.74 Å². The van der Waals surface area contributed by atoms with Crippen LogP contribution in [0.25, 0.3) is 0 Å². The van der Waals surface area contributed by atoms with E-state index in [1.54, 1.807) is 14.2 Å². The zero-order chi connectivity index (χ0) is 8.81. The molecule has 1 saturated carbocycles. The number of hydrogen-bond acceptors (Lipinski definition) is 2. The van der Waals surface area contributed by atoms with Gasteiger partial charge in [-0.1, -0.05) is 0 Å². The van der Waals surface area contributed by atoms with Gasteiger partial charge in [0.25, 0.3) is 0 Å². The largest absolute Gasteiger partial charge is 0.388 e. The van der Waals surface area contributed by atoms with Gasteiger partial charge in [-0.05, 0) is 44.7 Å². The lowest BCUT2D eigenvalue weighted by molar-refractivity contribution is 0.277. The Bertz CT molecular complexity index is 106. The molecule has 2 heteroatoms. The van der Waals surface area contributed by atoms with E-state index in [1.807, 2.05) is 0 Å². The van der Waals surface area contributed by atoms with E-state index in [9.17, 15) is 0 Å². The highest BCUT2D eigenvalue weighted by atomic mass is 16.4. The third-order valence-electron chi connectivity index (χ3n) is 2.41. The minimum atomic E-state index is 1.10.